The van der Waals surface area contributed by atoms with E-state index in [0.29, 0.717) is 6.61 Å². The molecule has 1 saturated heterocycles. The number of hydrogen-bond acceptors (Lipinski definition) is 3. The average Bonchev–Trinajstić information content (AvgIpc) is 2.28. The second-order valence-electron chi connectivity index (χ2n) is 5.04. The van der Waals surface area contributed by atoms with Crippen LogP contribution in [0, 0.1) is 5.82 Å². The molecule has 1 heterocycles. The Labute approximate surface area is 108 Å². The van der Waals surface area contributed by atoms with Gasteiger partial charge < -0.3 is 10.5 Å². The van der Waals surface area contributed by atoms with E-state index in [-0.39, 0.29) is 24.0 Å². The van der Waals surface area contributed by atoms with E-state index in [9.17, 15) is 4.39 Å². The van der Waals surface area contributed by atoms with Gasteiger partial charge in [0, 0.05) is 25.2 Å². The highest BCUT2D eigenvalue weighted by Gasteiger charge is 2.28. The summed E-state index contributed by atoms with van der Waals surface area (Å²) in [6.07, 6.45) is 0.202. The van der Waals surface area contributed by atoms with E-state index in [1.54, 1.807) is 12.1 Å². The van der Waals surface area contributed by atoms with Crippen LogP contribution in [0.4, 0.5) is 4.39 Å². The van der Waals surface area contributed by atoms with Crippen molar-refractivity contribution < 1.29 is 9.13 Å². The Balaban J connectivity index is 2.22. The summed E-state index contributed by atoms with van der Waals surface area (Å²) in [5, 5.41) is 0. The van der Waals surface area contributed by atoms with Gasteiger partial charge in [0.15, 0.2) is 0 Å². The van der Waals surface area contributed by atoms with E-state index in [2.05, 4.69) is 11.8 Å². The van der Waals surface area contributed by atoms with Crippen LogP contribution in [0.25, 0.3) is 0 Å². The lowest BCUT2D eigenvalue weighted by Gasteiger charge is -2.39. The van der Waals surface area contributed by atoms with Crippen LogP contribution in [0.5, 0.6) is 0 Å². The highest BCUT2D eigenvalue weighted by molar-refractivity contribution is 5.22. The lowest BCUT2D eigenvalue weighted by atomic mass is 9.98. The summed E-state index contributed by atoms with van der Waals surface area (Å²) in [6.45, 7) is 6.40. The molecule has 2 rings (SSSR count). The van der Waals surface area contributed by atoms with E-state index < -0.39 is 0 Å². The van der Waals surface area contributed by atoms with Gasteiger partial charge >= 0.3 is 0 Å². The van der Waals surface area contributed by atoms with E-state index in [1.165, 1.54) is 6.07 Å². The third-order valence-electron chi connectivity index (χ3n) is 3.35. The van der Waals surface area contributed by atoms with Crippen molar-refractivity contribution in [2.45, 2.75) is 32.0 Å². The molecule has 0 aliphatic carbocycles. The second kappa shape index (κ2) is 5.78. The molecule has 1 aliphatic rings. The third-order valence-corrected chi connectivity index (χ3v) is 3.35. The first kappa shape index (κ1) is 13.5. The van der Waals surface area contributed by atoms with Crippen molar-refractivity contribution in [2.75, 3.05) is 19.7 Å². The number of hydrogen-bond donors (Lipinski definition) is 1. The van der Waals surface area contributed by atoms with Crippen molar-refractivity contribution in [2.24, 2.45) is 5.73 Å². The fourth-order valence-electron chi connectivity index (χ4n) is 2.64. The van der Waals surface area contributed by atoms with Crippen LogP contribution in [0.1, 0.15) is 25.5 Å². The van der Waals surface area contributed by atoms with Gasteiger partial charge in [0.25, 0.3) is 0 Å². The number of morpholine rings is 1. The van der Waals surface area contributed by atoms with Crippen molar-refractivity contribution in [1.82, 2.24) is 4.90 Å². The first-order valence-electron chi connectivity index (χ1n) is 6.44. The third kappa shape index (κ3) is 3.07. The highest BCUT2D eigenvalue weighted by atomic mass is 19.1. The molecule has 1 aromatic carbocycles. The van der Waals surface area contributed by atoms with Crippen LogP contribution in [-0.4, -0.2) is 36.7 Å². The molecule has 100 valence electrons. The molecule has 1 aliphatic heterocycles. The molecule has 0 bridgehead atoms. The van der Waals surface area contributed by atoms with Gasteiger partial charge in [0.2, 0.25) is 0 Å². The number of rotatable bonds is 3. The summed E-state index contributed by atoms with van der Waals surface area (Å²) < 4.78 is 18.9. The van der Waals surface area contributed by atoms with Gasteiger partial charge in [0.05, 0.1) is 12.7 Å². The molecule has 1 aromatic rings. The molecule has 3 nitrogen and oxygen atoms in total. The van der Waals surface area contributed by atoms with Gasteiger partial charge in [-0.2, -0.15) is 0 Å². The Morgan fingerprint density at radius 1 is 1.50 bits per heavy atom. The number of halogens is 1. The van der Waals surface area contributed by atoms with Crippen LogP contribution >= 0.6 is 0 Å². The standard InChI is InChI=1S/C14H21FN2O/c1-10-9-17(6-7-18-10)14(11(2)16)12-4-3-5-13(15)8-12/h3-5,8,10-11,14H,6-7,9,16H2,1-2H3. The number of benzene rings is 1. The summed E-state index contributed by atoms with van der Waals surface area (Å²) in [5.41, 5.74) is 7.03. The lowest BCUT2D eigenvalue weighted by Crippen LogP contribution is -2.47. The molecule has 18 heavy (non-hydrogen) atoms. The molecule has 3 atom stereocenters. The number of nitrogens with zero attached hydrogens (tertiary/aromatic N) is 1. The molecule has 3 unspecified atom stereocenters. The van der Waals surface area contributed by atoms with Crippen molar-refractivity contribution >= 4 is 0 Å². The number of ether oxygens (including phenoxy) is 1. The Bertz CT molecular complexity index is 397. The van der Waals surface area contributed by atoms with Crippen LogP contribution in [0.15, 0.2) is 24.3 Å². The second-order valence-corrected chi connectivity index (χ2v) is 5.04. The minimum atomic E-state index is -0.209. The van der Waals surface area contributed by atoms with Crippen LogP contribution in [-0.2, 0) is 4.74 Å². The SMILES string of the molecule is CC1CN(C(c2cccc(F)c2)C(C)N)CCO1. The molecule has 2 N–H and O–H groups in total. The zero-order valence-corrected chi connectivity index (χ0v) is 11.0. The molecule has 0 radical (unpaired) electrons. The first-order chi connectivity index (χ1) is 8.58. The van der Waals surface area contributed by atoms with Crippen molar-refractivity contribution in [3.8, 4) is 0 Å². The maximum atomic E-state index is 13.4. The molecule has 0 aromatic heterocycles. The fourth-order valence-corrected chi connectivity index (χ4v) is 2.64. The minimum Gasteiger partial charge on any atom is -0.376 e. The van der Waals surface area contributed by atoms with Gasteiger partial charge in [-0.3, -0.25) is 4.90 Å². The molecule has 0 amide bonds. The van der Waals surface area contributed by atoms with E-state index >= 15 is 0 Å². The summed E-state index contributed by atoms with van der Waals surface area (Å²) >= 11 is 0. The van der Waals surface area contributed by atoms with Gasteiger partial charge in [-0.1, -0.05) is 12.1 Å². The van der Waals surface area contributed by atoms with Crippen LogP contribution < -0.4 is 5.73 Å². The largest absolute Gasteiger partial charge is 0.376 e. The van der Waals surface area contributed by atoms with Crippen LogP contribution in [0.3, 0.4) is 0 Å². The minimum absolute atomic E-state index is 0.0444. The smallest absolute Gasteiger partial charge is 0.123 e. The Hall–Kier alpha value is -0.970. The average molecular weight is 252 g/mol. The summed E-state index contributed by atoms with van der Waals surface area (Å²) in [7, 11) is 0. The molecule has 0 saturated carbocycles. The molecule has 4 heteroatoms. The van der Waals surface area contributed by atoms with Gasteiger partial charge in [-0.25, -0.2) is 4.39 Å². The van der Waals surface area contributed by atoms with E-state index in [1.807, 2.05) is 13.0 Å². The molecule has 0 spiro atoms. The Morgan fingerprint density at radius 2 is 2.28 bits per heavy atom. The summed E-state index contributed by atoms with van der Waals surface area (Å²) in [4.78, 5) is 2.29. The number of nitrogens with two attached hydrogens (primary N) is 1. The maximum Gasteiger partial charge on any atom is 0.123 e. The first-order valence-corrected chi connectivity index (χ1v) is 6.44. The predicted octanol–water partition coefficient (Wildman–Crippen LogP) is 1.93. The Morgan fingerprint density at radius 3 is 2.89 bits per heavy atom. The fraction of sp³-hybridized carbons (Fsp3) is 0.571. The van der Waals surface area contributed by atoms with Gasteiger partial charge in [-0.15, -0.1) is 0 Å². The predicted molar refractivity (Wildman–Crippen MR) is 69.8 cm³/mol. The zero-order chi connectivity index (χ0) is 13.1. The monoisotopic (exact) mass is 252 g/mol. The topological polar surface area (TPSA) is 38.5 Å². The Kier molecular flexibility index (Phi) is 4.32. The van der Waals surface area contributed by atoms with Crippen molar-refractivity contribution in [3.63, 3.8) is 0 Å². The van der Waals surface area contributed by atoms with Gasteiger partial charge in [0.1, 0.15) is 5.82 Å². The van der Waals surface area contributed by atoms with Gasteiger partial charge in [-0.05, 0) is 31.5 Å². The highest BCUT2D eigenvalue weighted by Crippen LogP contribution is 2.26. The normalized spacial score (nSPS) is 24.8. The quantitative estimate of drug-likeness (QED) is 0.893. The maximum absolute atomic E-state index is 13.4. The van der Waals surface area contributed by atoms with E-state index in [0.717, 1.165) is 18.7 Å². The molecular weight excluding hydrogens is 231 g/mol. The molecule has 1 fully saturated rings. The summed E-state index contributed by atoms with van der Waals surface area (Å²) in [6, 6.07) is 6.73. The lowest BCUT2D eigenvalue weighted by molar-refractivity contribution is -0.0376. The van der Waals surface area contributed by atoms with Crippen LogP contribution in [0.2, 0.25) is 0 Å². The van der Waals surface area contributed by atoms with Crippen molar-refractivity contribution in [3.05, 3.63) is 35.6 Å². The van der Waals surface area contributed by atoms with E-state index in [4.69, 9.17) is 10.5 Å². The molecular formula is C14H21FN2O. The zero-order valence-electron chi connectivity index (χ0n) is 11.0. The van der Waals surface area contributed by atoms with Crippen molar-refractivity contribution in [1.29, 1.82) is 0 Å². The summed E-state index contributed by atoms with van der Waals surface area (Å²) in [5.74, 6) is -0.209.